The monoisotopic (exact) mass is 308 g/mol. The van der Waals surface area contributed by atoms with E-state index in [0.717, 1.165) is 13.1 Å². The lowest BCUT2D eigenvalue weighted by Gasteiger charge is -2.20. The molecule has 2 aromatic carbocycles. The van der Waals surface area contributed by atoms with Crippen molar-refractivity contribution >= 4 is 10.9 Å². The summed E-state index contributed by atoms with van der Waals surface area (Å²) in [6, 6.07) is 15.7. The minimum Gasteiger partial charge on any atom is -0.280 e. The van der Waals surface area contributed by atoms with Crippen LogP contribution < -0.4 is 5.56 Å². The molecule has 0 unspecified atom stereocenters. The standard InChI is InChI=1S/C18H20N4O/c1-3-21(12-15-8-6-7-14(2)11-15)13-22-18(23)16-9-4-5-10-17(16)19-20-22/h4-11H,3,12-13H2,1-2H3. The van der Waals surface area contributed by atoms with Crippen molar-refractivity contribution in [1.82, 2.24) is 19.9 Å². The molecule has 3 rings (SSSR count). The van der Waals surface area contributed by atoms with Gasteiger partial charge in [0.25, 0.3) is 5.56 Å². The van der Waals surface area contributed by atoms with Gasteiger partial charge in [-0.2, -0.15) is 4.68 Å². The SMILES string of the molecule is CCN(Cc1cccc(C)c1)Cn1nnc2ccccc2c1=O. The fraction of sp³-hybridized carbons (Fsp3) is 0.278. The van der Waals surface area contributed by atoms with Crippen molar-refractivity contribution in [2.75, 3.05) is 6.54 Å². The van der Waals surface area contributed by atoms with Gasteiger partial charge >= 0.3 is 0 Å². The van der Waals surface area contributed by atoms with E-state index in [-0.39, 0.29) is 5.56 Å². The van der Waals surface area contributed by atoms with Gasteiger partial charge in [0, 0.05) is 6.54 Å². The number of hydrogen-bond donors (Lipinski definition) is 0. The minimum atomic E-state index is -0.0988. The summed E-state index contributed by atoms with van der Waals surface area (Å²) in [7, 11) is 0. The van der Waals surface area contributed by atoms with Crippen molar-refractivity contribution < 1.29 is 0 Å². The molecule has 5 heteroatoms. The molecule has 0 N–H and O–H groups in total. The quantitative estimate of drug-likeness (QED) is 0.727. The van der Waals surface area contributed by atoms with Gasteiger partial charge in [-0.3, -0.25) is 9.69 Å². The normalized spacial score (nSPS) is 11.3. The summed E-state index contributed by atoms with van der Waals surface area (Å²) in [5.74, 6) is 0. The largest absolute Gasteiger partial charge is 0.280 e. The summed E-state index contributed by atoms with van der Waals surface area (Å²) in [6.07, 6.45) is 0. The fourth-order valence-electron chi connectivity index (χ4n) is 2.64. The van der Waals surface area contributed by atoms with Gasteiger partial charge in [0.05, 0.1) is 12.1 Å². The van der Waals surface area contributed by atoms with Crippen LogP contribution in [0.2, 0.25) is 0 Å². The molecule has 0 saturated heterocycles. The molecular formula is C18H20N4O. The van der Waals surface area contributed by atoms with Crippen molar-refractivity contribution in [2.24, 2.45) is 0 Å². The highest BCUT2D eigenvalue weighted by Gasteiger charge is 2.09. The van der Waals surface area contributed by atoms with E-state index in [4.69, 9.17) is 0 Å². The van der Waals surface area contributed by atoms with E-state index in [1.165, 1.54) is 15.8 Å². The first kappa shape index (κ1) is 15.4. The van der Waals surface area contributed by atoms with Gasteiger partial charge in [0.1, 0.15) is 5.52 Å². The Bertz CT molecular complexity index is 872. The second-order valence-corrected chi connectivity index (χ2v) is 5.69. The molecule has 0 atom stereocenters. The smallest absolute Gasteiger partial charge is 0.278 e. The van der Waals surface area contributed by atoms with Crippen LogP contribution in [-0.2, 0) is 13.2 Å². The first-order valence-electron chi connectivity index (χ1n) is 7.78. The Morgan fingerprint density at radius 2 is 1.96 bits per heavy atom. The number of nitrogens with zero attached hydrogens (tertiary/aromatic N) is 4. The van der Waals surface area contributed by atoms with E-state index in [1.807, 2.05) is 12.1 Å². The summed E-state index contributed by atoms with van der Waals surface area (Å²) < 4.78 is 1.43. The lowest BCUT2D eigenvalue weighted by Crippen LogP contribution is -2.34. The number of hydrogen-bond acceptors (Lipinski definition) is 4. The molecule has 0 radical (unpaired) electrons. The molecule has 0 amide bonds. The molecule has 0 aliphatic carbocycles. The van der Waals surface area contributed by atoms with E-state index >= 15 is 0 Å². The van der Waals surface area contributed by atoms with Crippen LogP contribution in [0.1, 0.15) is 18.1 Å². The molecule has 1 heterocycles. The summed E-state index contributed by atoms with van der Waals surface area (Å²) in [5.41, 5.74) is 3.00. The molecule has 23 heavy (non-hydrogen) atoms. The van der Waals surface area contributed by atoms with Crippen molar-refractivity contribution in [2.45, 2.75) is 27.1 Å². The molecular weight excluding hydrogens is 288 g/mol. The van der Waals surface area contributed by atoms with E-state index < -0.39 is 0 Å². The maximum absolute atomic E-state index is 12.5. The van der Waals surface area contributed by atoms with Crippen LogP contribution >= 0.6 is 0 Å². The second kappa shape index (κ2) is 6.71. The molecule has 0 aliphatic rings. The Kier molecular flexibility index (Phi) is 4.48. The third-order valence-corrected chi connectivity index (χ3v) is 3.90. The molecule has 3 aromatic rings. The van der Waals surface area contributed by atoms with Crippen molar-refractivity contribution in [1.29, 1.82) is 0 Å². The molecule has 1 aromatic heterocycles. The third kappa shape index (κ3) is 3.46. The highest BCUT2D eigenvalue weighted by Crippen LogP contribution is 2.08. The van der Waals surface area contributed by atoms with Crippen LogP contribution in [0, 0.1) is 6.92 Å². The van der Waals surface area contributed by atoms with Gasteiger partial charge in [-0.1, -0.05) is 54.1 Å². The van der Waals surface area contributed by atoms with Crippen LogP contribution in [0.25, 0.3) is 10.9 Å². The Balaban J connectivity index is 1.84. The van der Waals surface area contributed by atoms with E-state index in [0.29, 0.717) is 17.6 Å². The van der Waals surface area contributed by atoms with Crippen LogP contribution in [0.5, 0.6) is 0 Å². The molecule has 118 valence electrons. The molecule has 0 fully saturated rings. The average molecular weight is 308 g/mol. The predicted molar refractivity (Wildman–Crippen MR) is 91.1 cm³/mol. The van der Waals surface area contributed by atoms with Crippen LogP contribution in [0.4, 0.5) is 0 Å². The van der Waals surface area contributed by atoms with Gasteiger partial charge < -0.3 is 0 Å². The molecule has 0 aliphatic heterocycles. The number of aromatic nitrogens is 3. The number of rotatable bonds is 5. The van der Waals surface area contributed by atoms with Gasteiger partial charge in [-0.15, -0.1) is 5.10 Å². The summed E-state index contributed by atoms with van der Waals surface area (Å²) in [5, 5.41) is 8.81. The molecule has 0 bridgehead atoms. The van der Waals surface area contributed by atoms with E-state index in [9.17, 15) is 4.79 Å². The van der Waals surface area contributed by atoms with Gasteiger partial charge in [0.15, 0.2) is 0 Å². The zero-order valence-corrected chi connectivity index (χ0v) is 13.4. The first-order valence-corrected chi connectivity index (χ1v) is 7.78. The second-order valence-electron chi connectivity index (χ2n) is 5.69. The molecule has 0 spiro atoms. The lowest BCUT2D eigenvalue weighted by molar-refractivity contribution is 0.201. The van der Waals surface area contributed by atoms with Crippen LogP contribution in [0.15, 0.2) is 53.3 Å². The fourth-order valence-corrected chi connectivity index (χ4v) is 2.64. The van der Waals surface area contributed by atoms with Crippen LogP contribution in [-0.4, -0.2) is 26.4 Å². The average Bonchev–Trinajstić information content (AvgIpc) is 2.57. The van der Waals surface area contributed by atoms with E-state index in [2.05, 4.69) is 53.3 Å². The summed E-state index contributed by atoms with van der Waals surface area (Å²) in [4.78, 5) is 14.7. The zero-order valence-electron chi connectivity index (χ0n) is 13.4. The Labute approximate surface area is 135 Å². The van der Waals surface area contributed by atoms with E-state index in [1.54, 1.807) is 12.1 Å². The highest BCUT2D eigenvalue weighted by atomic mass is 16.1. The highest BCUT2D eigenvalue weighted by molar-refractivity contribution is 5.76. The van der Waals surface area contributed by atoms with Crippen molar-refractivity contribution in [3.05, 3.63) is 70.0 Å². The topological polar surface area (TPSA) is 51.0 Å². The summed E-state index contributed by atoms with van der Waals surface area (Å²) >= 11 is 0. The van der Waals surface area contributed by atoms with Gasteiger partial charge in [0.2, 0.25) is 0 Å². The Hall–Kier alpha value is -2.53. The number of aryl methyl sites for hydroxylation is 1. The maximum Gasteiger partial charge on any atom is 0.278 e. The Morgan fingerprint density at radius 1 is 1.13 bits per heavy atom. The van der Waals surface area contributed by atoms with Crippen molar-refractivity contribution in [3.63, 3.8) is 0 Å². The van der Waals surface area contributed by atoms with Gasteiger partial charge in [-0.05, 0) is 31.2 Å². The minimum absolute atomic E-state index is 0.0988. The number of fused-ring (bicyclic) bond motifs is 1. The maximum atomic E-state index is 12.5. The molecule has 5 nitrogen and oxygen atoms in total. The first-order chi connectivity index (χ1) is 11.2. The predicted octanol–water partition coefficient (Wildman–Crippen LogP) is 2.58. The Morgan fingerprint density at radius 3 is 2.74 bits per heavy atom. The zero-order chi connectivity index (χ0) is 16.2. The summed E-state index contributed by atoms with van der Waals surface area (Å²) in [6.45, 7) is 6.20. The molecule has 0 saturated carbocycles. The van der Waals surface area contributed by atoms with Gasteiger partial charge in [-0.25, -0.2) is 0 Å². The number of benzene rings is 2. The third-order valence-electron chi connectivity index (χ3n) is 3.90. The van der Waals surface area contributed by atoms with Crippen molar-refractivity contribution in [3.8, 4) is 0 Å². The van der Waals surface area contributed by atoms with Crippen LogP contribution in [0.3, 0.4) is 0 Å². The lowest BCUT2D eigenvalue weighted by atomic mass is 10.1.